The van der Waals surface area contributed by atoms with Crippen molar-refractivity contribution in [3.8, 4) is 0 Å². The number of likely N-dealkylation sites (N-methyl/N-ethyl adjacent to an activating group) is 1. The van der Waals surface area contributed by atoms with Gasteiger partial charge >= 0.3 is 12.1 Å². The normalized spacial score (nSPS) is 14.3. The van der Waals surface area contributed by atoms with E-state index >= 15 is 0 Å². The lowest BCUT2D eigenvalue weighted by molar-refractivity contribution is -0.140. The molecule has 0 aliphatic carbocycles. The van der Waals surface area contributed by atoms with Gasteiger partial charge in [0.2, 0.25) is 10.0 Å². The van der Waals surface area contributed by atoms with Crippen LogP contribution in [0.3, 0.4) is 0 Å². The molecule has 1 rings (SSSR count). The van der Waals surface area contributed by atoms with Crippen LogP contribution in [0.4, 0.5) is 13.2 Å². The molecule has 5 nitrogen and oxygen atoms in total. The molecule has 0 aromatic heterocycles. The van der Waals surface area contributed by atoms with Gasteiger partial charge in [0.15, 0.2) is 0 Å². The number of benzene rings is 1. The minimum Gasteiger partial charge on any atom is -0.480 e. The summed E-state index contributed by atoms with van der Waals surface area (Å²) in [5.74, 6) is -1.40. The van der Waals surface area contributed by atoms with E-state index < -0.39 is 38.7 Å². The second-order valence-electron chi connectivity index (χ2n) is 4.06. The van der Waals surface area contributed by atoms with Crippen LogP contribution in [0.15, 0.2) is 29.2 Å². The molecule has 0 saturated carbocycles. The first kappa shape index (κ1) is 16.4. The van der Waals surface area contributed by atoms with Gasteiger partial charge in [-0.05, 0) is 25.1 Å². The van der Waals surface area contributed by atoms with Crippen molar-refractivity contribution >= 4 is 16.0 Å². The van der Waals surface area contributed by atoms with Crippen LogP contribution in [0.1, 0.15) is 12.5 Å². The molecule has 20 heavy (non-hydrogen) atoms. The highest BCUT2D eigenvalue weighted by atomic mass is 32.2. The number of alkyl halides is 3. The highest BCUT2D eigenvalue weighted by Crippen LogP contribution is 2.31. The molecule has 1 N–H and O–H groups in total. The molecule has 0 heterocycles. The SMILES string of the molecule is CC(C(=O)O)N(C)S(=O)(=O)c1cccc(C(F)(F)F)c1. The first-order chi connectivity index (χ1) is 8.98. The van der Waals surface area contributed by atoms with Crippen LogP contribution in [-0.2, 0) is 21.0 Å². The molecule has 0 radical (unpaired) electrons. The highest BCUT2D eigenvalue weighted by Gasteiger charge is 2.34. The van der Waals surface area contributed by atoms with Crippen LogP contribution in [0.25, 0.3) is 0 Å². The van der Waals surface area contributed by atoms with Gasteiger partial charge in [-0.1, -0.05) is 6.07 Å². The number of sulfonamides is 1. The Balaban J connectivity index is 3.27. The zero-order valence-electron chi connectivity index (χ0n) is 10.5. The van der Waals surface area contributed by atoms with Crippen molar-refractivity contribution < 1.29 is 31.5 Å². The van der Waals surface area contributed by atoms with Gasteiger partial charge in [0, 0.05) is 7.05 Å². The van der Waals surface area contributed by atoms with E-state index in [0.29, 0.717) is 10.4 Å². The lowest BCUT2D eigenvalue weighted by atomic mass is 10.2. The van der Waals surface area contributed by atoms with Crippen LogP contribution >= 0.6 is 0 Å². The van der Waals surface area contributed by atoms with E-state index in [2.05, 4.69) is 0 Å². The Hall–Kier alpha value is -1.61. The van der Waals surface area contributed by atoms with E-state index in [4.69, 9.17) is 5.11 Å². The van der Waals surface area contributed by atoms with E-state index in [9.17, 15) is 26.4 Å². The zero-order valence-corrected chi connectivity index (χ0v) is 11.4. The van der Waals surface area contributed by atoms with Crippen LogP contribution < -0.4 is 0 Å². The Morgan fingerprint density at radius 3 is 2.35 bits per heavy atom. The minimum absolute atomic E-state index is 0.473. The monoisotopic (exact) mass is 311 g/mol. The summed E-state index contributed by atoms with van der Waals surface area (Å²) in [5.41, 5.74) is -1.12. The van der Waals surface area contributed by atoms with Crippen molar-refractivity contribution in [1.82, 2.24) is 4.31 Å². The number of hydrogen-bond donors (Lipinski definition) is 1. The van der Waals surface area contributed by atoms with E-state index in [1.807, 2.05) is 0 Å². The fourth-order valence-corrected chi connectivity index (χ4v) is 2.73. The number of hydrogen-bond acceptors (Lipinski definition) is 3. The number of aliphatic carboxylic acids is 1. The van der Waals surface area contributed by atoms with Gasteiger partial charge in [-0.2, -0.15) is 17.5 Å². The second-order valence-corrected chi connectivity index (χ2v) is 6.06. The maximum Gasteiger partial charge on any atom is 0.416 e. The topological polar surface area (TPSA) is 74.7 Å². The minimum atomic E-state index is -4.68. The maximum atomic E-state index is 12.5. The predicted octanol–water partition coefficient (Wildman–Crippen LogP) is 1.80. The van der Waals surface area contributed by atoms with Crippen molar-refractivity contribution in [2.45, 2.75) is 24.0 Å². The third-order valence-electron chi connectivity index (χ3n) is 2.74. The van der Waals surface area contributed by atoms with Gasteiger partial charge in [-0.25, -0.2) is 8.42 Å². The summed E-state index contributed by atoms with van der Waals surface area (Å²) in [5, 5.41) is 8.76. The number of nitrogens with zero attached hydrogens (tertiary/aromatic N) is 1. The molecule has 9 heteroatoms. The molecule has 0 amide bonds. The van der Waals surface area contributed by atoms with Gasteiger partial charge in [-0.3, -0.25) is 4.79 Å². The Labute approximate surface area is 113 Å². The lowest BCUT2D eigenvalue weighted by Gasteiger charge is -2.21. The number of rotatable bonds is 4. The third-order valence-corrected chi connectivity index (χ3v) is 4.67. The molecular formula is C11H12F3NO4S. The Kier molecular flexibility index (Phi) is 4.45. The molecule has 0 aliphatic rings. The van der Waals surface area contributed by atoms with E-state index in [1.165, 1.54) is 0 Å². The third kappa shape index (κ3) is 3.28. The van der Waals surface area contributed by atoms with Crippen LogP contribution in [0, 0.1) is 0 Å². The number of carboxylic acid groups (broad SMARTS) is 1. The van der Waals surface area contributed by atoms with Crippen molar-refractivity contribution in [3.63, 3.8) is 0 Å². The quantitative estimate of drug-likeness (QED) is 0.920. The second kappa shape index (κ2) is 5.41. The first-order valence-electron chi connectivity index (χ1n) is 5.36. The zero-order chi connectivity index (χ0) is 15.7. The summed E-state index contributed by atoms with van der Waals surface area (Å²) in [6.45, 7) is 1.12. The summed E-state index contributed by atoms with van der Waals surface area (Å²) in [6, 6.07) is 1.75. The molecule has 0 fully saturated rings. The number of carboxylic acids is 1. The molecule has 1 atom stereocenters. The van der Waals surface area contributed by atoms with E-state index in [-0.39, 0.29) is 0 Å². The molecular weight excluding hydrogens is 299 g/mol. The number of carbonyl (C=O) groups is 1. The Morgan fingerprint density at radius 2 is 1.90 bits per heavy atom. The highest BCUT2D eigenvalue weighted by molar-refractivity contribution is 7.89. The number of halogens is 3. The summed E-state index contributed by atoms with van der Waals surface area (Å²) >= 11 is 0. The van der Waals surface area contributed by atoms with Crippen molar-refractivity contribution in [1.29, 1.82) is 0 Å². The van der Waals surface area contributed by atoms with E-state index in [0.717, 1.165) is 32.2 Å². The first-order valence-corrected chi connectivity index (χ1v) is 6.80. The molecule has 0 aliphatic heterocycles. The predicted molar refractivity (Wildman–Crippen MR) is 63.5 cm³/mol. The summed E-state index contributed by atoms with van der Waals surface area (Å²) in [6.07, 6.45) is -4.68. The molecule has 112 valence electrons. The lowest BCUT2D eigenvalue weighted by Crippen LogP contribution is -2.40. The van der Waals surface area contributed by atoms with Gasteiger partial charge in [0.1, 0.15) is 6.04 Å². The van der Waals surface area contributed by atoms with E-state index in [1.54, 1.807) is 0 Å². The van der Waals surface area contributed by atoms with Crippen LogP contribution in [0.2, 0.25) is 0 Å². The maximum absolute atomic E-state index is 12.5. The van der Waals surface area contributed by atoms with Gasteiger partial charge in [0.25, 0.3) is 0 Å². The molecule has 0 bridgehead atoms. The molecule has 0 saturated heterocycles. The largest absolute Gasteiger partial charge is 0.480 e. The fourth-order valence-electron chi connectivity index (χ4n) is 1.36. The van der Waals surface area contributed by atoms with Gasteiger partial charge < -0.3 is 5.11 Å². The van der Waals surface area contributed by atoms with Crippen molar-refractivity contribution in [2.75, 3.05) is 7.05 Å². The molecule has 1 aromatic rings. The van der Waals surface area contributed by atoms with Gasteiger partial charge in [0.05, 0.1) is 10.5 Å². The smallest absolute Gasteiger partial charge is 0.416 e. The summed E-state index contributed by atoms with van der Waals surface area (Å²) in [4.78, 5) is 10.2. The molecule has 1 aromatic carbocycles. The average molecular weight is 311 g/mol. The average Bonchev–Trinajstić information content (AvgIpc) is 2.35. The molecule has 1 unspecified atom stereocenters. The van der Waals surface area contributed by atoms with Crippen LogP contribution in [0.5, 0.6) is 0 Å². The van der Waals surface area contributed by atoms with Crippen molar-refractivity contribution in [2.24, 2.45) is 0 Å². The summed E-state index contributed by atoms with van der Waals surface area (Å²) < 4.78 is 62.2. The molecule has 0 spiro atoms. The summed E-state index contributed by atoms with van der Waals surface area (Å²) in [7, 11) is -3.32. The standard InChI is InChI=1S/C11H12F3NO4S/c1-7(10(16)17)15(2)20(18,19)9-5-3-4-8(6-9)11(12,13)14/h3-7H,1-2H3,(H,16,17). The van der Waals surface area contributed by atoms with Gasteiger partial charge in [-0.15, -0.1) is 0 Å². The Bertz CT molecular complexity index is 612. The van der Waals surface area contributed by atoms with Crippen LogP contribution in [-0.4, -0.2) is 36.9 Å². The van der Waals surface area contributed by atoms with Crippen molar-refractivity contribution in [3.05, 3.63) is 29.8 Å². The Morgan fingerprint density at radius 1 is 1.35 bits per heavy atom. The fraction of sp³-hybridized carbons (Fsp3) is 0.364.